The first kappa shape index (κ1) is 8.11. The second-order valence-electron chi connectivity index (χ2n) is 3.31. The van der Waals surface area contributed by atoms with Crippen molar-refractivity contribution < 1.29 is 0 Å². The highest BCUT2D eigenvalue weighted by molar-refractivity contribution is 5.42. The maximum atomic E-state index is 3.03. The smallest absolute Gasteiger partial charge is 0.0478 e. The molecule has 1 heteroatoms. The number of nitrogens with zero attached hydrogens (tertiary/aromatic N) is 1. The van der Waals surface area contributed by atoms with Gasteiger partial charge in [-0.2, -0.15) is 0 Å². The molecule has 2 rings (SSSR count). The predicted molar refractivity (Wildman–Crippen MR) is 54.1 cm³/mol. The number of rotatable bonds is 1. The highest BCUT2D eigenvalue weighted by atomic mass is 14.9. The summed E-state index contributed by atoms with van der Waals surface area (Å²) in [6.07, 6.45) is 3.95. The third kappa shape index (κ3) is 1.50. The third-order valence-electron chi connectivity index (χ3n) is 2.18. The highest BCUT2D eigenvalue weighted by Gasteiger charge is 1.98. The molecule has 0 N–H and O–H groups in total. The predicted octanol–water partition coefficient (Wildman–Crippen LogP) is 2.89. The van der Waals surface area contributed by atoms with E-state index in [2.05, 4.69) is 42.7 Å². The number of hydrogen-bond acceptors (Lipinski definition) is 0. The van der Waals surface area contributed by atoms with Crippen molar-refractivity contribution in [3.05, 3.63) is 53.9 Å². The summed E-state index contributed by atoms with van der Waals surface area (Å²) >= 11 is 0. The molecule has 0 fully saturated rings. The van der Waals surface area contributed by atoms with E-state index in [4.69, 9.17) is 0 Å². The van der Waals surface area contributed by atoms with Gasteiger partial charge in [0.1, 0.15) is 0 Å². The van der Waals surface area contributed by atoms with E-state index in [0.29, 0.717) is 0 Å². The minimum absolute atomic E-state index is 1.23. The Balaban J connectivity index is 2.53. The Kier molecular flexibility index (Phi) is 1.93. The van der Waals surface area contributed by atoms with Crippen LogP contribution < -0.4 is 0 Å². The van der Waals surface area contributed by atoms with Crippen LogP contribution in [0.3, 0.4) is 0 Å². The van der Waals surface area contributed by atoms with Gasteiger partial charge < -0.3 is 4.57 Å². The van der Waals surface area contributed by atoms with Gasteiger partial charge in [-0.05, 0) is 31.5 Å². The van der Waals surface area contributed by atoms with Crippen LogP contribution >= 0.6 is 0 Å². The molecule has 1 aromatic heterocycles. The monoisotopic (exact) mass is 170 g/mol. The molecule has 0 bridgehead atoms. The van der Waals surface area contributed by atoms with Crippen molar-refractivity contribution in [1.29, 1.82) is 0 Å². The molecule has 1 heterocycles. The summed E-state index contributed by atoms with van der Waals surface area (Å²) in [5, 5.41) is 0. The standard InChI is InChI=1S/C12H12N/c1-10-5-6-12(11(2)9-10)13-7-3-4-8-13/h3,5-9H,1-2H3. The maximum absolute atomic E-state index is 3.03. The SMILES string of the molecule is Cc1ccc(-n2c[c]cc2)c(C)c1. The first-order valence-electron chi connectivity index (χ1n) is 4.39. The topological polar surface area (TPSA) is 4.93 Å². The average molecular weight is 170 g/mol. The van der Waals surface area contributed by atoms with Crippen LogP contribution in [0.15, 0.2) is 36.7 Å². The second kappa shape index (κ2) is 3.09. The van der Waals surface area contributed by atoms with Gasteiger partial charge in [-0.25, -0.2) is 0 Å². The fourth-order valence-electron chi connectivity index (χ4n) is 1.53. The van der Waals surface area contributed by atoms with Crippen LogP contribution in [-0.2, 0) is 0 Å². The summed E-state index contributed by atoms with van der Waals surface area (Å²) in [6, 6.07) is 11.4. The van der Waals surface area contributed by atoms with Crippen molar-refractivity contribution >= 4 is 0 Å². The molecule has 0 saturated carbocycles. The number of aromatic nitrogens is 1. The van der Waals surface area contributed by atoms with E-state index in [1.807, 2.05) is 18.5 Å². The van der Waals surface area contributed by atoms with Crippen molar-refractivity contribution in [1.82, 2.24) is 4.57 Å². The van der Waals surface area contributed by atoms with Crippen LogP contribution in [-0.4, -0.2) is 4.57 Å². The fourth-order valence-corrected chi connectivity index (χ4v) is 1.53. The first-order chi connectivity index (χ1) is 6.27. The van der Waals surface area contributed by atoms with Gasteiger partial charge in [0.05, 0.1) is 0 Å². The maximum Gasteiger partial charge on any atom is 0.0478 e. The Bertz CT molecular complexity index is 399. The van der Waals surface area contributed by atoms with Gasteiger partial charge in [0, 0.05) is 24.1 Å². The number of hydrogen-bond donors (Lipinski definition) is 0. The Labute approximate surface area is 78.6 Å². The normalized spacial score (nSPS) is 10.3. The fraction of sp³-hybridized carbons (Fsp3) is 0.167. The van der Waals surface area contributed by atoms with E-state index in [1.54, 1.807) is 0 Å². The molecule has 0 spiro atoms. The lowest BCUT2D eigenvalue weighted by Crippen LogP contribution is -1.93. The molecule has 0 aliphatic rings. The second-order valence-corrected chi connectivity index (χ2v) is 3.31. The Morgan fingerprint density at radius 3 is 2.69 bits per heavy atom. The molecule has 0 aliphatic carbocycles. The van der Waals surface area contributed by atoms with E-state index < -0.39 is 0 Å². The highest BCUT2D eigenvalue weighted by Crippen LogP contribution is 2.15. The average Bonchev–Trinajstić information content (AvgIpc) is 2.56. The number of benzene rings is 1. The number of aryl methyl sites for hydroxylation is 2. The molecule has 0 aliphatic heterocycles. The summed E-state index contributed by atoms with van der Waals surface area (Å²) in [5.74, 6) is 0. The van der Waals surface area contributed by atoms with Crippen LogP contribution in [0.25, 0.3) is 5.69 Å². The van der Waals surface area contributed by atoms with E-state index in [-0.39, 0.29) is 0 Å². The summed E-state index contributed by atoms with van der Waals surface area (Å²) in [7, 11) is 0. The molecule has 0 atom stereocenters. The summed E-state index contributed by atoms with van der Waals surface area (Å²) in [6.45, 7) is 4.24. The lowest BCUT2D eigenvalue weighted by molar-refractivity contribution is 1.06. The quantitative estimate of drug-likeness (QED) is 0.620. The van der Waals surface area contributed by atoms with Gasteiger partial charge in [-0.3, -0.25) is 0 Å². The minimum atomic E-state index is 1.23. The van der Waals surface area contributed by atoms with Crippen LogP contribution in [0.1, 0.15) is 11.1 Å². The van der Waals surface area contributed by atoms with Crippen LogP contribution in [0.4, 0.5) is 0 Å². The zero-order valence-corrected chi connectivity index (χ0v) is 7.91. The van der Waals surface area contributed by atoms with E-state index >= 15 is 0 Å². The zero-order chi connectivity index (χ0) is 9.26. The molecule has 0 unspecified atom stereocenters. The summed E-state index contributed by atoms with van der Waals surface area (Å²) < 4.78 is 2.08. The van der Waals surface area contributed by atoms with Crippen molar-refractivity contribution in [3.63, 3.8) is 0 Å². The van der Waals surface area contributed by atoms with E-state index in [0.717, 1.165) is 0 Å². The van der Waals surface area contributed by atoms with Crippen LogP contribution in [0.2, 0.25) is 0 Å². The summed E-state index contributed by atoms with van der Waals surface area (Å²) in [4.78, 5) is 0. The Hall–Kier alpha value is -1.50. The third-order valence-corrected chi connectivity index (χ3v) is 2.18. The van der Waals surface area contributed by atoms with Gasteiger partial charge in [0.25, 0.3) is 0 Å². The van der Waals surface area contributed by atoms with E-state index in [1.165, 1.54) is 16.8 Å². The molecule has 2 aromatic rings. The van der Waals surface area contributed by atoms with Gasteiger partial charge in [-0.1, -0.05) is 17.7 Å². The van der Waals surface area contributed by atoms with Crippen LogP contribution in [0.5, 0.6) is 0 Å². The van der Waals surface area contributed by atoms with Crippen molar-refractivity contribution in [3.8, 4) is 5.69 Å². The molecule has 13 heavy (non-hydrogen) atoms. The molecule has 1 aromatic carbocycles. The molecule has 0 amide bonds. The van der Waals surface area contributed by atoms with Crippen molar-refractivity contribution in [2.45, 2.75) is 13.8 Å². The minimum Gasteiger partial charge on any atom is -0.323 e. The zero-order valence-electron chi connectivity index (χ0n) is 7.91. The Morgan fingerprint density at radius 1 is 1.23 bits per heavy atom. The Morgan fingerprint density at radius 2 is 2.08 bits per heavy atom. The lowest BCUT2D eigenvalue weighted by Gasteiger charge is -2.07. The first-order valence-corrected chi connectivity index (χ1v) is 4.39. The molecule has 1 radical (unpaired) electrons. The summed E-state index contributed by atoms with van der Waals surface area (Å²) in [5.41, 5.74) is 3.83. The molecular weight excluding hydrogens is 158 g/mol. The molecule has 0 saturated heterocycles. The van der Waals surface area contributed by atoms with Gasteiger partial charge >= 0.3 is 0 Å². The van der Waals surface area contributed by atoms with Gasteiger partial charge in [0.2, 0.25) is 0 Å². The van der Waals surface area contributed by atoms with E-state index in [9.17, 15) is 0 Å². The molecule has 65 valence electrons. The van der Waals surface area contributed by atoms with Crippen LogP contribution in [0, 0.1) is 19.9 Å². The molecule has 1 nitrogen and oxygen atoms in total. The molecular formula is C12H12N. The van der Waals surface area contributed by atoms with Gasteiger partial charge in [-0.15, -0.1) is 0 Å². The van der Waals surface area contributed by atoms with Crippen molar-refractivity contribution in [2.75, 3.05) is 0 Å². The lowest BCUT2D eigenvalue weighted by atomic mass is 10.1. The van der Waals surface area contributed by atoms with Gasteiger partial charge in [0.15, 0.2) is 0 Å². The largest absolute Gasteiger partial charge is 0.323 e. The van der Waals surface area contributed by atoms with Crippen molar-refractivity contribution in [2.24, 2.45) is 0 Å².